The van der Waals surface area contributed by atoms with Crippen LogP contribution < -0.4 is 5.32 Å². The molecule has 0 aliphatic carbocycles. The van der Waals surface area contributed by atoms with Gasteiger partial charge in [-0.2, -0.15) is 0 Å². The molecule has 1 unspecified atom stereocenters. The van der Waals surface area contributed by atoms with Gasteiger partial charge in [-0.1, -0.05) is 65.8 Å². The molecular formula is C27H37NOS. The van der Waals surface area contributed by atoms with Crippen molar-refractivity contribution >= 4 is 23.4 Å². The van der Waals surface area contributed by atoms with Gasteiger partial charge in [0.25, 0.3) is 0 Å². The Bertz CT molecular complexity index is 935. The van der Waals surface area contributed by atoms with Crippen molar-refractivity contribution < 1.29 is 4.79 Å². The Morgan fingerprint density at radius 3 is 2.30 bits per heavy atom. The number of carbonyl (C=O) groups excluding carboxylic acids is 1. The van der Waals surface area contributed by atoms with Crippen LogP contribution in [0.15, 0.2) is 29.2 Å². The van der Waals surface area contributed by atoms with Crippen molar-refractivity contribution in [2.24, 2.45) is 5.41 Å². The topological polar surface area (TPSA) is 29.1 Å². The van der Waals surface area contributed by atoms with Crippen molar-refractivity contribution in [3.8, 4) is 0 Å². The lowest BCUT2D eigenvalue weighted by molar-refractivity contribution is -0.117. The lowest BCUT2D eigenvalue weighted by atomic mass is 9.85. The molecule has 1 N–H and O–H groups in total. The monoisotopic (exact) mass is 423 g/mol. The number of carbonyl (C=O) groups is 1. The zero-order chi connectivity index (χ0) is 22.2. The molecule has 1 heterocycles. The van der Waals surface area contributed by atoms with Gasteiger partial charge in [-0.05, 0) is 65.0 Å². The molecule has 0 spiro atoms. The van der Waals surface area contributed by atoms with E-state index in [2.05, 4.69) is 85.0 Å². The summed E-state index contributed by atoms with van der Waals surface area (Å²) in [5.74, 6) is 2.11. The van der Waals surface area contributed by atoms with Crippen LogP contribution in [0.25, 0.3) is 0 Å². The summed E-state index contributed by atoms with van der Waals surface area (Å²) in [5, 5.41) is 3.29. The van der Waals surface area contributed by atoms with Crippen LogP contribution in [0.4, 0.5) is 5.69 Å². The van der Waals surface area contributed by atoms with Crippen LogP contribution in [0.5, 0.6) is 0 Å². The number of anilines is 1. The molecule has 0 fully saturated rings. The van der Waals surface area contributed by atoms with E-state index in [1.807, 2.05) is 11.8 Å². The van der Waals surface area contributed by atoms with Crippen LogP contribution >= 0.6 is 11.8 Å². The molecule has 2 aromatic rings. The number of benzene rings is 2. The van der Waals surface area contributed by atoms with Crippen LogP contribution in [-0.4, -0.2) is 11.7 Å². The molecule has 0 saturated carbocycles. The first-order valence-corrected chi connectivity index (χ1v) is 12.2. The normalized spacial score (nSPS) is 16.1. The average Bonchev–Trinajstić information content (AvgIpc) is 3.09. The van der Waals surface area contributed by atoms with E-state index in [9.17, 15) is 4.79 Å². The smallest absolute Gasteiger partial charge is 0.224 e. The highest BCUT2D eigenvalue weighted by Gasteiger charge is 2.32. The molecule has 2 aromatic carbocycles. The van der Waals surface area contributed by atoms with Gasteiger partial charge >= 0.3 is 0 Å². The van der Waals surface area contributed by atoms with E-state index in [0.717, 1.165) is 17.9 Å². The molecule has 1 atom stereocenters. The third kappa shape index (κ3) is 4.61. The molecule has 2 nitrogen and oxygen atoms in total. The Labute approximate surface area is 187 Å². The van der Waals surface area contributed by atoms with Crippen molar-refractivity contribution in [2.45, 2.75) is 85.0 Å². The van der Waals surface area contributed by atoms with Crippen molar-refractivity contribution in [3.63, 3.8) is 0 Å². The predicted octanol–water partition coefficient (Wildman–Crippen LogP) is 7.60. The van der Waals surface area contributed by atoms with E-state index in [4.69, 9.17) is 0 Å². The van der Waals surface area contributed by atoms with Crippen LogP contribution in [0.1, 0.15) is 93.2 Å². The van der Waals surface area contributed by atoms with Gasteiger partial charge in [-0.25, -0.2) is 0 Å². The number of hydrogen-bond donors (Lipinski definition) is 1. The Morgan fingerprint density at radius 2 is 1.77 bits per heavy atom. The largest absolute Gasteiger partial charge is 0.326 e. The van der Waals surface area contributed by atoms with Gasteiger partial charge in [0.2, 0.25) is 5.91 Å². The predicted molar refractivity (Wildman–Crippen MR) is 131 cm³/mol. The maximum Gasteiger partial charge on any atom is 0.224 e. The molecule has 3 heteroatoms. The van der Waals surface area contributed by atoms with Gasteiger partial charge < -0.3 is 5.32 Å². The second kappa shape index (κ2) is 8.78. The molecular weight excluding hydrogens is 386 g/mol. The second-order valence-electron chi connectivity index (χ2n) is 10.2. The van der Waals surface area contributed by atoms with Crippen LogP contribution in [-0.2, 0) is 11.2 Å². The third-order valence-electron chi connectivity index (χ3n) is 6.18. The fourth-order valence-corrected chi connectivity index (χ4v) is 6.17. The maximum atomic E-state index is 12.8. The lowest BCUT2D eigenvalue weighted by Crippen LogP contribution is -2.21. The molecule has 162 valence electrons. The number of amides is 1. The maximum absolute atomic E-state index is 12.8. The summed E-state index contributed by atoms with van der Waals surface area (Å²) in [4.78, 5) is 14.2. The van der Waals surface area contributed by atoms with Crippen LogP contribution in [0.3, 0.4) is 0 Å². The summed E-state index contributed by atoms with van der Waals surface area (Å²) in [6.07, 6.45) is 1.52. The van der Waals surface area contributed by atoms with Gasteiger partial charge in [-0.15, -0.1) is 11.8 Å². The first-order chi connectivity index (χ1) is 14.0. The van der Waals surface area contributed by atoms with E-state index in [1.165, 1.54) is 38.3 Å². The molecule has 3 rings (SSSR count). The lowest BCUT2D eigenvalue weighted by Gasteiger charge is -2.24. The van der Waals surface area contributed by atoms with Crippen LogP contribution in [0.2, 0.25) is 0 Å². The quantitative estimate of drug-likeness (QED) is 0.536. The summed E-state index contributed by atoms with van der Waals surface area (Å²) in [7, 11) is 0. The standard InChI is InChI=1S/C27H37NOS/c1-9-21-17(4)25(28-23(29)14-27(6,7)8)18(5)24-22(15-30-26(21)24)20-12-10-19(11-13-20)16(2)3/h10-13,16,22H,9,14-15H2,1-8H3,(H,28,29). The highest BCUT2D eigenvalue weighted by molar-refractivity contribution is 7.99. The Morgan fingerprint density at radius 1 is 1.13 bits per heavy atom. The number of nitrogens with one attached hydrogen (secondary N) is 1. The molecule has 30 heavy (non-hydrogen) atoms. The van der Waals surface area contributed by atoms with Crippen molar-refractivity contribution in [1.82, 2.24) is 0 Å². The van der Waals surface area contributed by atoms with Gasteiger partial charge in [0.05, 0.1) is 0 Å². The van der Waals surface area contributed by atoms with Gasteiger partial charge in [0, 0.05) is 28.7 Å². The van der Waals surface area contributed by atoms with Crippen LogP contribution in [0, 0.1) is 19.3 Å². The molecule has 0 aromatic heterocycles. The second-order valence-corrected chi connectivity index (χ2v) is 11.2. The van der Waals surface area contributed by atoms with E-state index in [-0.39, 0.29) is 11.3 Å². The molecule has 1 aliphatic heterocycles. The fourth-order valence-electron chi connectivity index (χ4n) is 4.56. The summed E-state index contributed by atoms with van der Waals surface area (Å²) in [6.45, 7) is 17.4. The first kappa shape index (κ1) is 22.9. The Balaban J connectivity index is 2.04. The van der Waals surface area contributed by atoms with E-state index < -0.39 is 0 Å². The zero-order valence-corrected chi connectivity index (χ0v) is 20.7. The third-order valence-corrected chi connectivity index (χ3v) is 7.44. The molecule has 1 aliphatic rings. The summed E-state index contributed by atoms with van der Waals surface area (Å²) >= 11 is 1.99. The van der Waals surface area contributed by atoms with Gasteiger partial charge in [0.15, 0.2) is 0 Å². The van der Waals surface area contributed by atoms with E-state index in [1.54, 1.807) is 0 Å². The summed E-state index contributed by atoms with van der Waals surface area (Å²) in [5.41, 5.74) is 9.07. The molecule has 0 radical (unpaired) electrons. The number of rotatable bonds is 5. The Kier molecular flexibility index (Phi) is 6.72. The minimum absolute atomic E-state index is 0.0211. The van der Waals surface area contributed by atoms with Crippen molar-refractivity contribution in [2.75, 3.05) is 11.1 Å². The molecule has 0 saturated heterocycles. The van der Waals surface area contributed by atoms with Crippen molar-refractivity contribution in [1.29, 1.82) is 0 Å². The minimum atomic E-state index is -0.0211. The first-order valence-electron chi connectivity index (χ1n) is 11.2. The highest BCUT2D eigenvalue weighted by atomic mass is 32.2. The van der Waals surface area contributed by atoms with E-state index >= 15 is 0 Å². The molecule has 0 bridgehead atoms. The molecule has 1 amide bonds. The van der Waals surface area contributed by atoms with Gasteiger partial charge in [-0.3, -0.25) is 4.79 Å². The van der Waals surface area contributed by atoms with Gasteiger partial charge in [0.1, 0.15) is 0 Å². The SMILES string of the molecule is CCc1c(C)c(NC(=O)CC(C)(C)C)c(C)c2c1SCC2c1ccc(C(C)C)cc1. The number of fused-ring (bicyclic) bond motifs is 1. The fraction of sp³-hybridized carbons (Fsp3) is 0.519. The zero-order valence-electron chi connectivity index (χ0n) is 19.9. The summed E-state index contributed by atoms with van der Waals surface area (Å²) in [6, 6.07) is 9.16. The minimum Gasteiger partial charge on any atom is -0.326 e. The Hall–Kier alpha value is -1.74. The number of thioether (sulfide) groups is 1. The number of hydrogen-bond acceptors (Lipinski definition) is 2. The average molecular weight is 424 g/mol. The highest BCUT2D eigenvalue weighted by Crippen LogP contribution is 2.50. The van der Waals surface area contributed by atoms with E-state index in [0.29, 0.717) is 18.3 Å². The van der Waals surface area contributed by atoms with Crippen molar-refractivity contribution in [3.05, 3.63) is 57.6 Å². The summed E-state index contributed by atoms with van der Waals surface area (Å²) < 4.78 is 0.